The smallest absolute Gasteiger partial charge is 0.256 e. The third-order valence-electron chi connectivity index (χ3n) is 5.79. The highest BCUT2D eigenvalue weighted by molar-refractivity contribution is 6.04. The summed E-state index contributed by atoms with van der Waals surface area (Å²) in [4.78, 5) is 21.5. The minimum absolute atomic E-state index is 0.0211. The zero-order chi connectivity index (χ0) is 22.7. The molecule has 0 unspecified atom stereocenters. The van der Waals surface area contributed by atoms with Gasteiger partial charge in [0.1, 0.15) is 17.1 Å². The summed E-state index contributed by atoms with van der Waals surface area (Å²) in [7, 11) is 3.14. The van der Waals surface area contributed by atoms with Gasteiger partial charge in [-0.2, -0.15) is 4.98 Å². The van der Waals surface area contributed by atoms with Crippen LogP contribution in [0.2, 0.25) is 0 Å². The Bertz CT molecular complexity index is 1090. The van der Waals surface area contributed by atoms with Crippen LogP contribution in [0.15, 0.2) is 30.6 Å². The SMILES string of the molecule is COc1cc(Nc2nc(N[C@@H]3CCCCC[C@@H]3N)n3ccnc3c2C(N)=O)cc(OC)c1. The van der Waals surface area contributed by atoms with Crippen LogP contribution in [0.1, 0.15) is 42.5 Å². The predicted molar refractivity (Wildman–Crippen MR) is 123 cm³/mol. The van der Waals surface area contributed by atoms with Crippen molar-refractivity contribution in [3.8, 4) is 11.5 Å². The lowest BCUT2D eigenvalue weighted by atomic mass is 10.0. The second-order valence-corrected chi connectivity index (χ2v) is 7.92. The van der Waals surface area contributed by atoms with E-state index in [0.29, 0.717) is 28.8 Å². The first-order valence-corrected chi connectivity index (χ1v) is 10.7. The lowest BCUT2D eigenvalue weighted by Gasteiger charge is -2.24. The molecule has 10 nitrogen and oxygen atoms in total. The average Bonchev–Trinajstić information content (AvgIpc) is 3.18. The summed E-state index contributed by atoms with van der Waals surface area (Å²) in [5.41, 5.74) is 13.4. The topological polar surface area (TPSA) is 142 Å². The van der Waals surface area contributed by atoms with Crippen molar-refractivity contribution in [2.75, 3.05) is 24.9 Å². The Labute approximate surface area is 186 Å². The average molecular weight is 440 g/mol. The normalized spacial score (nSPS) is 18.7. The van der Waals surface area contributed by atoms with Crippen LogP contribution in [0.25, 0.3) is 5.65 Å². The van der Waals surface area contributed by atoms with Gasteiger partial charge in [0.2, 0.25) is 5.95 Å². The van der Waals surface area contributed by atoms with Gasteiger partial charge in [-0.25, -0.2) is 4.98 Å². The molecule has 1 aromatic carbocycles. The number of rotatable bonds is 7. The van der Waals surface area contributed by atoms with Gasteiger partial charge in [0.15, 0.2) is 11.5 Å². The van der Waals surface area contributed by atoms with Gasteiger partial charge in [0, 0.05) is 48.4 Å². The van der Waals surface area contributed by atoms with Crippen LogP contribution in [0, 0.1) is 0 Å². The van der Waals surface area contributed by atoms with E-state index in [-0.39, 0.29) is 23.5 Å². The number of carbonyl (C=O) groups is 1. The predicted octanol–water partition coefficient (Wildman–Crippen LogP) is 2.66. The minimum atomic E-state index is -0.635. The molecule has 2 atom stereocenters. The highest BCUT2D eigenvalue weighted by Crippen LogP contribution is 2.31. The zero-order valence-electron chi connectivity index (χ0n) is 18.3. The van der Waals surface area contributed by atoms with E-state index in [1.165, 1.54) is 6.42 Å². The molecule has 1 aliphatic rings. The summed E-state index contributed by atoms with van der Waals surface area (Å²) in [5, 5.41) is 6.67. The summed E-state index contributed by atoms with van der Waals surface area (Å²) >= 11 is 0. The van der Waals surface area contributed by atoms with Crippen molar-refractivity contribution in [1.29, 1.82) is 0 Å². The fourth-order valence-electron chi connectivity index (χ4n) is 4.10. The minimum Gasteiger partial charge on any atom is -0.497 e. The molecule has 3 aromatic rings. The Kier molecular flexibility index (Phi) is 6.31. The Hall–Kier alpha value is -3.53. The number of benzene rings is 1. The van der Waals surface area contributed by atoms with Gasteiger partial charge in [-0.05, 0) is 12.8 Å². The molecule has 1 fully saturated rings. The van der Waals surface area contributed by atoms with Crippen molar-refractivity contribution in [2.45, 2.75) is 44.2 Å². The molecule has 10 heteroatoms. The third-order valence-corrected chi connectivity index (χ3v) is 5.79. The quantitative estimate of drug-likeness (QED) is 0.412. The number of methoxy groups -OCH3 is 2. The van der Waals surface area contributed by atoms with Gasteiger partial charge >= 0.3 is 0 Å². The van der Waals surface area contributed by atoms with Gasteiger partial charge in [-0.3, -0.25) is 9.20 Å². The van der Waals surface area contributed by atoms with Crippen molar-refractivity contribution < 1.29 is 14.3 Å². The van der Waals surface area contributed by atoms with Crippen molar-refractivity contribution in [2.24, 2.45) is 11.5 Å². The summed E-state index contributed by atoms with van der Waals surface area (Å²) in [5.74, 6) is 1.39. The van der Waals surface area contributed by atoms with Crippen LogP contribution in [-0.4, -0.2) is 46.6 Å². The molecule has 1 amide bonds. The molecule has 0 spiro atoms. The second kappa shape index (κ2) is 9.31. The van der Waals surface area contributed by atoms with Gasteiger partial charge in [-0.15, -0.1) is 0 Å². The number of nitrogens with zero attached hydrogens (tertiary/aromatic N) is 3. The standard InChI is InChI=1S/C22H29N7O3/c1-31-14-10-13(11-15(12-14)32-2)26-20-18(19(24)30)21-25-8-9-29(21)22(28-20)27-17-7-5-3-4-6-16(17)23/h8-12,16-17,26H,3-7,23H2,1-2H3,(H2,24,30)(H,27,28)/t16-,17+/m0/s1. The number of primary amides is 1. The molecule has 0 bridgehead atoms. The summed E-state index contributed by atoms with van der Waals surface area (Å²) < 4.78 is 12.4. The number of amides is 1. The number of hydrogen-bond donors (Lipinski definition) is 4. The molecule has 1 saturated carbocycles. The van der Waals surface area contributed by atoms with Crippen LogP contribution >= 0.6 is 0 Å². The van der Waals surface area contributed by atoms with Crippen molar-refractivity contribution in [3.63, 3.8) is 0 Å². The number of ether oxygens (including phenoxy) is 2. The lowest BCUT2D eigenvalue weighted by molar-refractivity contribution is 0.100. The monoisotopic (exact) mass is 439 g/mol. The largest absolute Gasteiger partial charge is 0.497 e. The lowest BCUT2D eigenvalue weighted by Crippen LogP contribution is -2.40. The molecule has 2 aromatic heterocycles. The van der Waals surface area contributed by atoms with E-state index < -0.39 is 5.91 Å². The highest BCUT2D eigenvalue weighted by Gasteiger charge is 2.24. The first-order valence-electron chi connectivity index (χ1n) is 10.7. The van der Waals surface area contributed by atoms with E-state index in [0.717, 1.165) is 25.7 Å². The number of hydrogen-bond acceptors (Lipinski definition) is 8. The molecular formula is C22H29N7O3. The summed E-state index contributed by atoms with van der Waals surface area (Å²) in [6.45, 7) is 0. The third kappa shape index (κ3) is 4.40. The first kappa shape index (κ1) is 21.7. The van der Waals surface area contributed by atoms with E-state index in [2.05, 4.69) is 15.6 Å². The van der Waals surface area contributed by atoms with E-state index in [9.17, 15) is 4.79 Å². The van der Waals surface area contributed by atoms with Gasteiger partial charge in [0.05, 0.1) is 14.2 Å². The van der Waals surface area contributed by atoms with Crippen molar-refractivity contribution in [1.82, 2.24) is 14.4 Å². The molecule has 0 saturated heterocycles. The number of nitrogens with two attached hydrogens (primary N) is 2. The van der Waals surface area contributed by atoms with Crippen LogP contribution in [0.3, 0.4) is 0 Å². The van der Waals surface area contributed by atoms with Crippen LogP contribution in [0.4, 0.5) is 17.5 Å². The molecule has 1 aliphatic carbocycles. The van der Waals surface area contributed by atoms with Gasteiger partial charge in [-0.1, -0.05) is 19.3 Å². The van der Waals surface area contributed by atoms with E-state index in [1.54, 1.807) is 49.2 Å². The number of nitrogens with one attached hydrogen (secondary N) is 2. The maximum atomic E-state index is 12.4. The van der Waals surface area contributed by atoms with Crippen molar-refractivity contribution in [3.05, 3.63) is 36.2 Å². The first-order chi connectivity index (χ1) is 15.5. The molecule has 2 heterocycles. The molecule has 6 N–H and O–H groups in total. The Morgan fingerprint density at radius 3 is 2.53 bits per heavy atom. The molecule has 0 radical (unpaired) electrons. The summed E-state index contributed by atoms with van der Waals surface area (Å²) in [6.07, 6.45) is 8.67. The fraction of sp³-hybridized carbons (Fsp3) is 0.409. The number of carbonyl (C=O) groups excluding carboxylic acids is 1. The van der Waals surface area contributed by atoms with Crippen LogP contribution in [0.5, 0.6) is 11.5 Å². The van der Waals surface area contributed by atoms with E-state index >= 15 is 0 Å². The van der Waals surface area contributed by atoms with Crippen LogP contribution < -0.4 is 31.6 Å². The van der Waals surface area contributed by atoms with E-state index in [4.69, 9.17) is 25.9 Å². The Balaban J connectivity index is 1.78. The fourth-order valence-corrected chi connectivity index (χ4v) is 4.10. The molecule has 4 rings (SSSR count). The zero-order valence-corrected chi connectivity index (χ0v) is 18.3. The van der Waals surface area contributed by atoms with E-state index in [1.807, 2.05) is 0 Å². The second-order valence-electron chi connectivity index (χ2n) is 7.92. The van der Waals surface area contributed by atoms with Crippen molar-refractivity contribution >= 4 is 29.0 Å². The highest BCUT2D eigenvalue weighted by atomic mass is 16.5. The Morgan fingerprint density at radius 2 is 1.84 bits per heavy atom. The molecule has 170 valence electrons. The molecule has 0 aliphatic heterocycles. The number of aromatic nitrogens is 3. The Morgan fingerprint density at radius 1 is 1.12 bits per heavy atom. The molecule has 32 heavy (non-hydrogen) atoms. The maximum absolute atomic E-state index is 12.4. The number of anilines is 3. The van der Waals surface area contributed by atoms with Crippen LogP contribution in [-0.2, 0) is 0 Å². The van der Waals surface area contributed by atoms with Gasteiger partial charge in [0.25, 0.3) is 5.91 Å². The summed E-state index contributed by atoms with van der Waals surface area (Å²) in [6, 6.07) is 5.40. The molecular weight excluding hydrogens is 410 g/mol. The maximum Gasteiger partial charge on any atom is 0.256 e. The number of imidazole rings is 1. The number of fused-ring (bicyclic) bond motifs is 1. The van der Waals surface area contributed by atoms with Gasteiger partial charge < -0.3 is 31.6 Å².